The third-order valence-corrected chi connectivity index (χ3v) is 4.14. The minimum atomic E-state index is -1.00. The summed E-state index contributed by atoms with van der Waals surface area (Å²) in [6.07, 6.45) is 0.647. The third kappa shape index (κ3) is 3.96. The second kappa shape index (κ2) is 8.53. The minimum absolute atomic E-state index is 0.0864. The van der Waals surface area contributed by atoms with Gasteiger partial charge in [0.2, 0.25) is 0 Å². The molecule has 0 bridgehead atoms. The highest BCUT2D eigenvalue weighted by Gasteiger charge is 2.27. The highest BCUT2D eigenvalue weighted by atomic mass is 16.5. The van der Waals surface area contributed by atoms with Crippen LogP contribution in [0, 0.1) is 0 Å². The van der Waals surface area contributed by atoms with E-state index in [-0.39, 0.29) is 17.9 Å². The lowest BCUT2D eigenvalue weighted by Crippen LogP contribution is -2.24. The molecule has 3 rings (SSSR count). The van der Waals surface area contributed by atoms with E-state index < -0.39 is 12.0 Å². The number of hydrogen-bond acceptors (Lipinski definition) is 7. The van der Waals surface area contributed by atoms with Crippen molar-refractivity contribution in [2.75, 3.05) is 14.2 Å². The molecule has 2 N–H and O–H groups in total. The lowest BCUT2D eigenvalue weighted by Gasteiger charge is -2.10. The number of benzene rings is 1. The van der Waals surface area contributed by atoms with Gasteiger partial charge in [0.05, 0.1) is 26.5 Å². The second-order valence-electron chi connectivity index (χ2n) is 6.02. The quantitative estimate of drug-likeness (QED) is 0.646. The van der Waals surface area contributed by atoms with Crippen molar-refractivity contribution in [1.29, 1.82) is 0 Å². The zero-order valence-electron chi connectivity index (χ0n) is 15.8. The summed E-state index contributed by atoms with van der Waals surface area (Å²) in [6, 6.07) is 10.6. The van der Waals surface area contributed by atoms with Crippen molar-refractivity contribution in [1.82, 2.24) is 15.5 Å². The van der Waals surface area contributed by atoms with Gasteiger partial charge in [-0.2, -0.15) is 0 Å². The predicted molar refractivity (Wildman–Crippen MR) is 101 cm³/mol. The number of carbonyl (C=O) groups excluding carboxylic acids is 1. The number of aromatic nitrogens is 2. The first kappa shape index (κ1) is 19.4. The van der Waals surface area contributed by atoms with Crippen LogP contribution in [0.3, 0.4) is 0 Å². The summed E-state index contributed by atoms with van der Waals surface area (Å²) in [6.45, 7) is 1.74. The van der Waals surface area contributed by atoms with E-state index in [9.17, 15) is 9.90 Å². The van der Waals surface area contributed by atoms with E-state index >= 15 is 0 Å². The summed E-state index contributed by atoms with van der Waals surface area (Å²) in [4.78, 5) is 17.0. The fourth-order valence-electron chi connectivity index (χ4n) is 2.75. The maximum atomic E-state index is 12.9. The van der Waals surface area contributed by atoms with Crippen LogP contribution in [0.5, 0.6) is 11.5 Å². The number of aliphatic hydroxyl groups is 1. The Hall–Kier alpha value is -3.39. The molecule has 1 aromatic carbocycles. The molecule has 1 unspecified atom stereocenters. The van der Waals surface area contributed by atoms with Crippen molar-refractivity contribution in [3.8, 4) is 22.8 Å². The summed E-state index contributed by atoms with van der Waals surface area (Å²) in [5.74, 6) is 0.698. The lowest BCUT2D eigenvalue weighted by atomic mass is 10.0. The fourth-order valence-corrected chi connectivity index (χ4v) is 2.75. The van der Waals surface area contributed by atoms with Crippen LogP contribution in [-0.2, 0) is 6.54 Å². The number of hydrogen-bond donors (Lipinski definition) is 2. The van der Waals surface area contributed by atoms with Gasteiger partial charge in [-0.3, -0.25) is 9.78 Å². The molecule has 28 heavy (non-hydrogen) atoms. The molecule has 146 valence electrons. The summed E-state index contributed by atoms with van der Waals surface area (Å²) in [5.41, 5.74) is 1.77. The van der Waals surface area contributed by atoms with Gasteiger partial charge in [-0.05, 0) is 37.3 Å². The van der Waals surface area contributed by atoms with Crippen molar-refractivity contribution in [3.63, 3.8) is 0 Å². The van der Waals surface area contributed by atoms with Crippen molar-refractivity contribution in [2.45, 2.75) is 19.6 Å². The van der Waals surface area contributed by atoms with E-state index in [4.69, 9.17) is 14.0 Å². The molecule has 0 spiro atoms. The molecular formula is C20H21N3O5. The number of amides is 1. The van der Waals surface area contributed by atoms with Crippen LogP contribution in [0.4, 0.5) is 0 Å². The Morgan fingerprint density at radius 2 is 2.00 bits per heavy atom. The molecule has 3 aromatic rings. The van der Waals surface area contributed by atoms with Crippen LogP contribution >= 0.6 is 0 Å². The smallest absolute Gasteiger partial charge is 0.257 e. The molecule has 1 amide bonds. The first-order chi connectivity index (χ1) is 13.5. The molecule has 0 aliphatic carbocycles. The predicted octanol–water partition coefficient (Wildman–Crippen LogP) is 2.74. The molecule has 2 heterocycles. The number of nitrogens with one attached hydrogen (secondary N) is 1. The SMILES string of the molecule is COc1ccc(-c2noc(C(C)O)c2C(=O)NCc2ccccn2)cc1OC. The van der Waals surface area contributed by atoms with Crippen LogP contribution in [0.15, 0.2) is 47.1 Å². The van der Waals surface area contributed by atoms with Gasteiger partial charge in [0, 0.05) is 11.8 Å². The Morgan fingerprint density at radius 3 is 2.64 bits per heavy atom. The van der Waals surface area contributed by atoms with Crippen molar-refractivity contribution < 1.29 is 23.9 Å². The van der Waals surface area contributed by atoms with Gasteiger partial charge < -0.3 is 24.4 Å². The van der Waals surface area contributed by atoms with Gasteiger partial charge in [0.15, 0.2) is 17.3 Å². The average Bonchev–Trinajstić information content (AvgIpc) is 3.17. The average molecular weight is 383 g/mol. The molecule has 0 saturated carbocycles. The van der Waals surface area contributed by atoms with Gasteiger partial charge in [-0.25, -0.2) is 0 Å². The van der Waals surface area contributed by atoms with Gasteiger partial charge in [-0.15, -0.1) is 0 Å². The summed E-state index contributed by atoms with van der Waals surface area (Å²) in [7, 11) is 3.06. The van der Waals surface area contributed by atoms with Crippen LogP contribution in [0.1, 0.15) is 34.8 Å². The van der Waals surface area contributed by atoms with E-state index in [1.54, 1.807) is 36.5 Å². The van der Waals surface area contributed by atoms with Gasteiger partial charge in [0.1, 0.15) is 17.4 Å². The summed E-state index contributed by atoms with van der Waals surface area (Å²) >= 11 is 0. The maximum Gasteiger partial charge on any atom is 0.257 e. The van der Waals surface area contributed by atoms with Crippen molar-refractivity contribution in [3.05, 3.63) is 59.6 Å². The highest BCUT2D eigenvalue weighted by Crippen LogP contribution is 2.35. The first-order valence-electron chi connectivity index (χ1n) is 8.63. The Labute approximate surface area is 162 Å². The summed E-state index contributed by atoms with van der Waals surface area (Å²) < 4.78 is 15.8. The number of methoxy groups -OCH3 is 2. The molecule has 1 atom stereocenters. The number of aliphatic hydroxyl groups excluding tert-OH is 1. The van der Waals surface area contributed by atoms with E-state index in [0.717, 1.165) is 0 Å². The Balaban J connectivity index is 1.96. The fraction of sp³-hybridized carbons (Fsp3) is 0.250. The van der Waals surface area contributed by atoms with Gasteiger partial charge in [-0.1, -0.05) is 11.2 Å². The van der Waals surface area contributed by atoms with Crippen LogP contribution in [-0.4, -0.2) is 35.4 Å². The minimum Gasteiger partial charge on any atom is -0.493 e. The molecule has 0 radical (unpaired) electrons. The first-order valence-corrected chi connectivity index (χ1v) is 8.63. The molecule has 2 aromatic heterocycles. The highest BCUT2D eigenvalue weighted by molar-refractivity contribution is 6.01. The van der Waals surface area contributed by atoms with E-state index in [1.165, 1.54) is 21.1 Å². The molecule has 0 aliphatic rings. The Kier molecular flexibility index (Phi) is 5.90. The molecule has 8 heteroatoms. The normalized spacial score (nSPS) is 11.7. The van der Waals surface area contributed by atoms with Gasteiger partial charge >= 0.3 is 0 Å². The third-order valence-electron chi connectivity index (χ3n) is 4.14. The number of ether oxygens (including phenoxy) is 2. The Morgan fingerprint density at radius 1 is 1.21 bits per heavy atom. The zero-order chi connectivity index (χ0) is 20.1. The molecule has 0 aliphatic heterocycles. The van der Waals surface area contributed by atoms with Crippen LogP contribution in [0.2, 0.25) is 0 Å². The topological polar surface area (TPSA) is 107 Å². The van der Waals surface area contributed by atoms with Crippen molar-refractivity contribution >= 4 is 5.91 Å². The monoisotopic (exact) mass is 383 g/mol. The summed E-state index contributed by atoms with van der Waals surface area (Å²) in [5, 5.41) is 16.8. The molecule has 0 saturated heterocycles. The van der Waals surface area contributed by atoms with Crippen LogP contribution in [0.25, 0.3) is 11.3 Å². The van der Waals surface area contributed by atoms with E-state index in [0.29, 0.717) is 28.5 Å². The van der Waals surface area contributed by atoms with Crippen molar-refractivity contribution in [2.24, 2.45) is 0 Å². The molecule has 0 fully saturated rings. The molecular weight excluding hydrogens is 362 g/mol. The molecule has 8 nitrogen and oxygen atoms in total. The largest absolute Gasteiger partial charge is 0.493 e. The standard InChI is InChI=1S/C20H21N3O5/c1-12(24)19-17(20(25)22-11-14-6-4-5-9-21-14)18(23-28-19)13-7-8-15(26-2)16(10-13)27-3/h4-10,12,24H,11H2,1-3H3,(H,22,25). The van der Waals surface area contributed by atoms with Crippen LogP contribution < -0.4 is 14.8 Å². The van der Waals surface area contributed by atoms with E-state index in [1.807, 2.05) is 6.07 Å². The maximum absolute atomic E-state index is 12.9. The number of carbonyl (C=O) groups is 1. The van der Waals surface area contributed by atoms with Gasteiger partial charge in [0.25, 0.3) is 5.91 Å². The lowest BCUT2D eigenvalue weighted by molar-refractivity contribution is 0.0937. The number of rotatable bonds is 7. The number of pyridine rings is 1. The Bertz CT molecular complexity index is 954. The zero-order valence-corrected chi connectivity index (χ0v) is 15.8. The second-order valence-corrected chi connectivity index (χ2v) is 6.02. The number of nitrogens with zero attached hydrogens (tertiary/aromatic N) is 2. The van der Waals surface area contributed by atoms with E-state index in [2.05, 4.69) is 15.5 Å².